The molecule has 1 aromatic heterocycles. The maximum absolute atomic E-state index is 4.37. The molecule has 0 bridgehead atoms. The van der Waals surface area contributed by atoms with Crippen LogP contribution in [0, 0.1) is 6.92 Å². The van der Waals surface area contributed by atoms with Crippen molar-refractivity contribution < 1.29 is 0 Å². The fourth-order valence-electron chi connectivity index (χ4n) is 2.52. The normalized spacial score (nSPS) is 26.9. The predicted octanol–water partition coefficient (Wildman–Crippen LogP) is 1.39. The van der Waals surface area contributed by atoms with Crippen LogP contribution in [0.15, 0.2) is 0 Å². The minimum Gasteiger partial charge on any atom is -0.316 e. The Morgan fingerprint density at radius 2 is 2.13 bits per heavy atom. The molecule has 0 aromatic carbocycles. The van der Waals surface area contributed by atoms with Crippen molar-refractivity contribution >= 4 is 0 Å². The molecule has 4 nitrogen and oxygen atoms in total. The van der Waals surface area contributed by atoms with Crippen LogP contribution in [0.3, 0.4) is 0 Å². The summed E-state index contributed by atoms with van der Waals surface area (Å²) in [5.74, 6) is 2.90. The summed E-state index contributed by atoms with van der Waals surface area (Å²) in [5, 5.41) is 12.1. The van der Waals surface area contributed by atoms with Crippen molar-refractivity contribution in [1.29, 1.82) is 0 Å². The van der Waals surface area contributed by atoms with Gasteiger partial charge in [-0.15, -0.1) is 10.2 Å². The third kappa shape index (κ3) is 1.67. The zero-order chi connectivity index (χ0) is 10.3. The van der Waals surface area contributed by atoms with Crippen LogP contribution in [0.1, 0.15) is 49.3 Å². The molecule has 1 saturated carbocycles. The Morgan fingerprint density at radius 3 is 2.80 bits per heavy atom. The molecule has 2 heterocycles. The van der Waals surface area contributed by atoms with Gasteiger partial charge < -0.3 is 9.88 Å². The van der Waals surface area contributed by atoms with Gasteiger partial charge in [-0.05, 0) is 39.2 Å². The molecule has 2 aliphatic rings. The van der Waals surface area contributed by atoms with Crippen molar-refractivity contribution in [3.05, 3.63) is 11.6 Å². The quantitative estimate of drug-likeness (QED) is 0.795. The van der Waals surface area contributed by atoms with Crippen molar-refractivity contribution in [2.24, 2.45) is 0 Å². The van der Waals surface area contributed by atoms with Crippen molar-refractivity contribution in [1.82, 2.24) is 20.1 Å². The summed E-state index contributed by atoms with van der Waals surface area (Å²) < 4.78 is 2.37. The van der Waals surface area contributed by atoms with E-state index in [2.05, 4.69) is 27.0 Å². The fraction of sp³-hybridized carbons (Fsp3) is 0.818. The average Bonchev–Trinajstić information content (AvgIpc) is 3.03. The van der Waals surface area contributed by atoms with Crippen molar-refractivity contribution in [3.63, 3.8) is 0 Å². The number of hydrogen-bond donors (Lipinski definition) is 1. The smallest absolute Gasteiger partial charge is 0.137 e. The van der Waals surface area contributed by atoms with E-state index in [4.69, 9.17) is 0 Å². The number of piperidine rings is 1. The molecule has 15 heavy (non-hydrogen) atoms. The third-order valence-corrected chi connectivity index (χ3v) is 3.47. The molecule has 0 radical (unpaired) electrons. The lowest BCUT2D eigenvalue weighted by Crippen LogP contribution is -2.30. The van der Waals surface area contributed by atoms with E-state index >= 15 is 0 Å². The molecule has 0 unspecified atom stereocenters. The fourth-order valence-corrected chi connectivity index (χ4v) is 2.52. The van der Waals surface area contributed by atoms with Gasteiger partial charge in [0.25, 0.3) is 0 Å². The van der Waals surface area contributed by atoms with E-state index in [9.17, 15) is 0 Å². The van der Waals surface area contributed by atoms with E-state index in [1.54, 1.807) is 0 Å². The van der Waals surface area contributed by atoms with Gasteiger partial charge in [0.2, 0.25) is 0 Å². The van der Waals surface area contributed by atoms with Crippen LogP contribution in [0.2, 0.25) is 0 Å². The summed E-state index contributed by atoms with van der Waals surface area (Å²) in [6, 6.07) is 0.705. The Labute approximate surface area is 90.1 Å². The first-order valence-corrected chi connectivity index (χ1v) is 5.98. The highest BCUT2D eigenvalue weighted by molar-refractivity contribution is 5.07. The van der Waals surface area contributed by atoms with Gasteiger partial charge in [-0.3, -0.25) is 0 Å². The second-order valence-electron chi connectivity index (χ2n) is 4.75. The minimum atomic E-state index is 0.584. The van der Waals surface area contributed by atoms with Gasteiger partial charge in [0.15, 0.2) is 0 Å². The van der Waals surface area contributed by atoms with Gasteiger partial charge in [-0.1, -0.05) is 0 Å². The van der Waals surface area contributed by atoms with Crippen LogP contribution < -0.4 is 5.32 Å². The molecule has 0 spiro atoms. The summed E-state index contributed by atoms with van der Waals surface area (Å²) in [4.78, 5) is 0. The molecule has 2 fully saturated rings. The van der Waals surface area contributed by atoms with Crippen LogP contribution in [0.5, 0.6) is 0 Å². The molecule has 1 N–H and O–H groups in total. The standard InChI is InChI=1S/C11H18N4/c1-8-13-14-11(15(8)10-4-5-10)9-3-2-6-12-7-9/h9-10,12H,2-7H2,1H3/t9-/m0/s1. The first kappa shape index (κ1) is 9.33. The lowest BCUT2D eigenvalue weighted by Gasteiger charge is -2.22. The number of nitrogens with zero attached hydrogens (tertiary/aromatic N) is 3. The maximum Gasteiger partial charge on any atom is 0.137 e. The number of hydrogen-bond acceptors (Lipinski definition) is 3. The Balaban J connectivity index is 1.89. The van der Waals surface area contributed by atoms with E-state index < -0.39 is 0 Å². The lowest BCUT2D eigenvalue weighted by atomic mass is 9.99. The van der Waals surface area contributed by atoms with Crippen molar-refractivity contribution in [2.45, 2.75) is 44.6 Å². The molecule has 1 atom stereocenters. The summed E-state index contributed by atoms with van der Waals surface area (Å²) in [7, 11) is 0. The SMILES string of the molecule is Cc1nnc([C@H]2CCCNC2)n1C1CC1. The van der Waals surface area contributed by atoms with E-state index in [1.165, 1.54) is 31.5 Å². The van der Waals surface area contributed by atoms with E-state index in [1.807, 2.05) is 0 Å². The molecule has 0 amide bonds. The number of aryl methyl sites for hydroxylation is 1. The van der Waals surface area contributed by atoms with Crippen LogP contribution in [-0.2, 0) is 0 Å². The zero-order valence-electron chi connectivity index (χ0n) is 9.24. The first-order chi connectivity index (χ1) is 7.36. The summed E-state index contributed by atoms with van der Waals surface area (Å²) in [6.45, 7) is 4.31. The third-order valence-electron chi connectivity index (χ3n) is 3.47. The van der Waals surface area contributed by atoms with Crippen LogP contribution in [0.4, 0.5) is 0 Å². The molecule has 82 valence electrons. The summed E-state index contributed by atoms with van der Waals surface area (Å²) in [6.07, 6.45) is 5.15. The predicted molar refractivity (Wildman–Crippen MR) is 57.9 cm³/mol. The number of nitrogens with one attached hydrogen (secondary N) is 1. The molecule has 1 aliphatic heterocycles. The van der Waals surface area contributed by atoms with Gasteiger partial charge in [-0.25, -0.2) is 0 Å². The average molecular weight is 206 g/mol. The van der Waals surface area contributed by atoms with Crippen LogP contribution in [-0.4, -0.2) is 27.9 Å². The molecule has 4 heteroatoms. The number of rotatable bonds is 2. The molecule has 1 saturated heterocycles. The van der Waals surface area contributed by atoms with E-state index in [-0.39, 0.29) is 0 Å². The van der Waals surface area contributed by atoms with Crippen molar-refractivity contribution in [2.75, 3.05) is 13.1 Å². The van der Waals surface area contributed by atoms with Gasteiger partial charge in [0.1, 0.15) is 11.6 Å². The largest absolute Gasteiger partial charge is 0.316 e. The maximum atomic E-state index is 4.37. The Hall–Kier alpha value is -0.900. The van der Waals surface area contributed by atoms with Crippen LogP contribution >= 0.6 is 0 Å². The molecule has 1 aliphatic carbocycles. The Kier molecular flexibility index (Phi) is 2.24. The molecule has 1 aromatic rings. The zero-order valence-corrected chi connectivity index (χ0v) is 9.24. The second-order valence-corrected chi connectivity index (χ2v) is 4.75. The lowest BCUT2D eigenvalue weighted by molar-refractivity contribution is 0.431. The minimum absolute atomic E-state index is 0.584. The van der Waals surface area contributed by atoms with Gasteiger partial charge >= 0.3 is 0 Å². The van der Waals surface area contributed by atoms with Gasteiger partial charge in [-0.2, -0.15) is 0 Å². The summed E-state index contributed by atoms with van der Waals surface area (Å²) in [5.41, 5.74) is 0. The van der Waals surface area contributed by atoms with Crippen LogP contribution in [0.25, 0.3) is 0 Å². The topological polar surface area (TPSA) is 42.7 Å². The summed E-state index contributed by atoms with van der Waals surface area (Å²) >= 11 is 0. The molecule has 3 rings (SSSR count). The van der Waals surface area contributed by atoms with E-state index in [0.29, 0.717) is 12.0 Å². The Bertz CT molecular complexity index is 347. The van der Waals surface area contributed by atoms with Crippen molar-refractivity contribution in [3.8, 4) is 0 Å². The Morgan fingerprint density at radius 1 is 1.27 bits per heavy atom. The highest BCUT2D eigenvalue weighted by Crippen LogP contribution is 2.38. The van der Waals surface area contributed by atoms with Gasteiger partial charge in [0.05, 0.1) is 0 Å². The second kappa shape index (κ2) is 3.59. The highest BCUT2D eigenvalue weighted by atomic mass is 15.3. The first-order valence-electron chi connectivity index (χ1n) is 5.98. The van der Waals surface area contributed by atoms with E-state index in [0.717, 1.165) is 18.9 Å². The monoisotopic (exact) mass is 206 g/mol. The number of aromatic nitrogens is 3. The molecular formula is C11H18N4. The molecular weight excluding hydrogens is 188 g/mol. The van der Waals surface area contributed by atoms with Gasteiger partial charge in [0, 0.05) is 18.5 Å². The highest BCUT2D eigenvalue weighted by Gasteiger charge is 2.31.